The van der Waals surface area contributed by atoms with E-state index in [0.717, 1.165) is 12.0 Å². The summed E-state index contributed by atoms with van der Waals surface area (Å²) in [6, 6.07) is 11.8. The van der Waals surface area contributed by atoms with Gasteiger partial charge in [0.2, 0.25) is 9.84 Å². The lowest BCUT2D eigenvalue weighted by atomic mass is 9.99. The van der Waals surface area contributed by atoms with Crippen LogP contribution in [0.1, 0.15) is 54.7 Å². The topological polar surface area (TPSA) is 63.2 Å². The van der Waals surface area contributed by atoms with Crippen molar-refractivity contribution in [2.24, 2.45) is 0 Å². The lowest BCUT2D eigenvalue weighted by molar-refractivity contribution is 0.103. The Morgan fingerprint density at radius 1 is 1.00 bits per heavy atom. The maximum Gasteiger partial charge on any atom is 0.208 e. The van der Waals surface area contributed by atoms with Gasteiger partial charge in [-0.25, -0.2) is 8.42 Å². The van der Waals surface area contributed by atoms with Gasteiger partial charge >= 0.3 is 0 Å². The van der Waals surface area contributed by atoms with E-state index in [-0.39, 0.29) is 32.7 Å². The SMILES string of the molecule is CCC(C)NC(C)c1ccc2c(c1)S(=O)(=O)c1ccccc1C2=O. The fourth-order valence-electron chi connectivity index (χ4n) is 3.01. The largest absolute Gasteiger partial charge is 0.308 e. The Hall–Kier alpha value is -1.98. The number of ketones is 1. The molecule has 126 valence electrons. The van der Waals surface area contributed by atoms with Crippen LogP contribution in [-0.4, -0.2) is 20.2 Å². The molecule has 2 aromatic rings. The summed E-state index contributed by atoms with van der Waals surface area (Å²) in [6.45, 7) is 6.18. The Bertz CT molecular complexity index is 903. The van der Waals surface area contributed by atoms with E-state index >= 15 is 0 Å². The highest BCUT2D eigenvalue weighted by molar-refractivity contribution is 7.91. The second-order valence-electron chi connectivity index (χ2n) is 6.28. The van der Waals surface area contributed by atoms with Gasteiger partial charge in [0, 0.05) is 23.2 Å². The molecule has 1 heterocycles. The first-order valence-corrected chi connectivity index (χ1v) is 9.63. The number of rotatable bonds is 4. The first-order chi connectivity index (χ1) is 11.4. The molecule has 0 aliphatic carbocycles. The minimum absolute atomic E-state index is 0.00715. The van der Waals surface area contributed by atoms with Crippen molar-refractivity contribution in [2.75, 3.05) is 0 Å². The Morgan fingerprint density at radius 2 is 1.67 bits per heavy atom. The molecular weight excluding hydrogens is 322 g/mol. The molecule has 2 atom stereocenters. The van der Waals surface area contributed by atoms with Crippen molar-refractivity contribution in [2.45, 2.75) is 49.1 Å². The summed E-state index contributed by atoms with van der Waals surface area (Å²) in [5.74, 6) is -0.232. The van der Waals surface area contributed by atoms with Gasteiger partial charge < -0.3 is 5.32 Å². The average Bonchev–Trinajstić information content (AvgIpc) is 2.59. The van der Waals surface area contributed by atoms with E-state index in [9.17, 15) is 13.2 Å². The maximum absolute atomic E-state index is 12.9. The van der Waals surface area contributed by atoms with Crippen molar-refractivity contribution in [1.29, 1.82) is 0 Å². The van der Waals surface area contributed by atoms with Gasteiger partial charge in [0.15, 0.2) is 5.78 Å². The van der Waals surface area contributed by atoms with Crippen molar-refractivity contribution in [3.8, 4) is 0 Å². The molecule has 5 heteroatoms. The molecule has 2 unspecified atom stereocenters. The van der Waals surface area contributed by atoms with E-state index in [2.05, 4.69) is 19.2 Å². The summed E-state index contributed by atoms with van der Waals surface area (Å²) in [6.07, 6.45) is 0.986. The number of benzene rings is 2. The Morgan fingerprint density at radius 3 is 2.38 bits per heavy atom. The highest BCUT2D eigenvalue weighted by Gasteiger charge is 2.34. The molecule has 0 aromatic heterocycles. The molecule has 24 heavy (non-hydrogen) atoms. The number of hydrogen-bond acceptors (Lipinski definition) is 4. The number of carbonyl (C=O) groups is 1. The van der Waals surface area contributed by atoms with Gasteiger partial charge in [-0.2, -0.15) is 0 Å². The lowest BCUT2D eigenvalue weighted by Gasteiger charge is -2.23. The minimum atomic E-state index is -3.67. The third kappa shape index (κ3) is 2.68. The predicted molar refractivity (Wildman–Crippen MR) is 93.1 cm³/mol. The first kappa shape index (κ1) is 16.9. The van der Waals surface area contributed by atoms with E-state index in [4.69, 9.17) is 0 Å². The van der Waals surface area contributed by atoms with Crippen LogP contribution >= 0.6 is 0 Å². The van der Waals surface area contributed by atoms with Gasteiger partial charge in [-0.1, -0.05) is 25.1 Å². The van der Waals surface area contributed by atoms with Crippen LogP contribution in [-0.2, 0) is 9.84 Å². The van der Waals surface area contributed by atoms with Crippen molar-refractivity contribution in [3.05, 3.63) is 59.2 Å². The quantitative estimate of drug-likeness (QED) is 0.787. The van der Waals surface area contributed by atoms with Crippen molar-refractivity contribution >= 4 is 15.6 Å². The van der Waals surface area contributed by atoms with E-state index in [1.165, 1.54) is 6.07 Å². The zero-order valence-corrected chi connectivity index (χ0v) is 14.9. The van der Waals surface area contributed by atoms with Crippen LogP contribution < -0.4 is 5.32 Å². The molecular formula is C19H21NO3S. The molecule has 0 bridgehead atoms. The van der Waals surface area contributed by atoms with E-state index in [0.29, 0.717) is 6.04 Å². The number of hydrogen-bond donors (Lipinski definition) is 1. The summed E-state index contributed by atoms with van der Waals surface area (Å²) >= 11 is 0. The number of nitrogens with one attached hydrogen (secondary N) is 1. The van der Waals surface area contributed by atoms with Gasteiger partial charge in [-0.15, -0.1) is 0 Å². The molecule has 0 spiro atoms. The van der Waals surface area contributed by atoms with Crippen molar-refractivity contribution in [3.63, 3.8) is 0 Å². The highest BCUT2D eigenvalue weighted by Crippen LogP contribution is 2.35. The van der Waals surface area contributed by atoms with E-state index in [1.807, 2.05) is 13.0 Å². The molecule has 4 nitrogen and oxygen atoms in total. The molecule has 3 rings (SSSR count). The molecule has 1 aliphatic rings. The van der Waals surface area contributed by atoms with Crippen LogP contribution in [0.4, 0.5) is 0 Å². The van der Waals surface area contributed by atoms with Gasteiger partial charge in [0.05, 0.1) is 9.79 Å². The Balaban J connectivity index is 2.10. The Kier molecular flexibility index (Phi) is 4.32. The van der Waals surface area contributed by atoms with Crippen molar-refractivity contribution in [1.82, 2.24) is 5.32 Å². The lowest BCUT2D eigenvalue weighted by Crippen LogP contribution is -2.28. The zero-order valence-electron chi connectivity index (χ0n) is 14.0. The molecule has 0 fully saturated rings. The van der Waals surface area contributed by atoms with Crippen LogP contribution in [0.2, 0.25) is 0 Å². The average molecular weight is 343 g/mol. The Labute approximate surface area is 142 Å². The molecule has 0 saturated carbocycles. The summed E-state index contributed by atoms with van der Waals surface area (Å²) in [4.78, 5) is 12.8. The van der Waals surface area contributed by atoms with Crippen LogP contribution in [0.15, 0.2) is 52.3 Å². The first-order valence-electron chi connectivity index (χ1n) is 8.15. The zero-order chi connectivity index (χ0) is 17.5. The number of fused-ring (bicyclic) bond motifs is 2. The van der Waals surface area contributed by atoms with Crippen LogP contribution in [0.5, 0.6) is 0 Å². The van der Waals surface area contributed by atoms with E-state index in [1.54, 1.807) is 30.3 Å². The summed E-state index contributed by atoms with van der Waals surface area (Å²) < 4.78 is 25.8. The molecule has 0 amide bonds. The fraction of sp³-hybridized carbons (Fsp3) is 0.316. The minimum Gasteiger partial charge on any atom is -0.308 e. The van der Waals surface area contributed by atoms with E-state index < -0.39 is 9.84 Å². The van der Waals surface area contributed by atoms with Crippen LogP contribution in [0, 0.1) is 0 Å². The second kappa shape index (κ2) is 6.15. The maximum atomic E-state index is 12.9. The normalized spacial score (nSPS) is 17.7. The second-order valence-corrected chi connectivity index (χ2v) is 8.17. The van der Waals surface area contributed by atoms with Gasteiger partial charge in [0.25, 0.3) is 0 Å². The number of sulfone groups is 1. The summed E-state index contributed by atoms with van der Waals surface area (Å²) in [7, 11) is -3.67. The third-order valence-corrected chi connectivity index (χ3v) is 6.46. The standard InChI is InChI=1S/C19H21NO3S/c1-4-12(2)20-13(3)14-9-10-16-18(11-14)24(22,23)17-8-6-5-7-15(17)19(16)21/h5-13,20H,4H2,1-3H3. The molecule has 0 saturated heterocycles. The number of carbonyl (C=O) groups excluding carboxylic acids is 1. The highest BCUT2D eigenvalue weighted by atomic mass is 32.2. The predicted octanol–water partition coefficient (Wildman–Crippen LogP) is 3.51. The van der Waals surface area contributed by atoms with Crippen LogP contribution in [0.3, 0.4) is 0 Å². The van der Waals surface area contributed by atoms with Gasteiger partial charge in [-0.3, -0.25) is 4.79 Å². The molecule has 1 aliphatic heterocycles. The summed E-state index contributed by atoms with van der Waals surface area (Å²) in [5, 5.41) is 3.43. The van der Waals surface area contributed by atoms with Crippen LogP contribution in [0.25, 0.3) is 0 Å². The monoisotopic (exact) mass is 343 g/mol. The smallest absolute Gasteiger partial charge is 0.208 e. The van der Waals surface area contributed by atoms with Crippen molar-refractivity contribution < 1.29 is 13.2 Å². The molecule has 2 aromatic carbocycles. The fourth-order valence-corrected chi connectivity index (χ4v) is 4.70. The van der Waals surface area contributed by atoms with Gasteiger partial charge in [-0.05, 0) is 50.1 Å². The molecule has 0 radical (unpaired) electrons. The third-order valence-electron chi connectivity index (χ3n) is 4.61. The summed E-state index contributed by atoms with van der Waals surface area (Å²) in [5.41, 5.74) is 1.38. The molecule has 1 N–H and O–H groups in total. The van der Waals surface area contributed by atoms with Gasteiger partial charge in [0.1, 0.15) is 0 Å².